The normalized spacial score (nSPS) is 16.1. The number of ether oxygens (including phenoxy) is 1. The maximum atomic E-state index is 13.6. The van der Waals surface area contributed by atoms with Gasteiger partial charge in [0.25, 0.3) is 0 Å². The summed E-state index contributed by atoms with van der Waals surface area (Å²) in [5, 5.41) is 0.819. The summed E-state index contributed by atoms with van der Waals surface area (Å²) in [7, 11) is -3.63. The van der Waals surface area contributed by atoms with Crippen LogP contribution in [-0.4, -0.2) is 61.9 Å². The molecule has 1 saturated heterocycles. The number of rotatable bonds is 6. The van der Waals surface area contributed by atoms with E-state index in [0.29, 0.717) is 44.8 Å². The topological polar surface area (TPSA) is 62.7 Å². The Morgan fingerprint density at radius 1 is 1.07 bits per heavy atom. The fourth-order valence-electron chi connectivity index (χ4n) is 3.63. The van der Waals surface area contributed by atoms with Gasteiger partial charge in [0, 0.05) is 44.3 Å². The summed E-state index contributed by atoms with van der Waals surface area (Å²) in [5.74, 6) is -0.148. The van der Waals surface area contributed by atoms with Crippen molar-refractivity contribution in [3.05, 3.63) is 66.1 Å². The number of aromatic nitrogens is 1. The maximum absolute atomic E-state index is 13.6. The lowest BCUT2D eigenvalue weighted by atomic mass is 10.2. The molecule has 1 aliphatic heterocycles. The number of aryl methyl sites for hydroxylation is 1. The molecule has 0 radical (unpaired) electrons. The van der Waals surface area contributed by atoms with Gasteiger partial charge in [0.1, 0.15) is 11.5 Å². The summed E-state index contributed by atoms with van der Waals surface area (Å²) in [4.78, 5) is 6.74. The van der Waals surface area contributed by atoms with Crippen molar-refractivity contribution in [3.8, 4) is 5.75 Å². The van der Waals surface area contributed by atoms with Gasteiger partial charge in [0.15, 0.2) is 11.6 Å². The molecule has 3 aromatic rings. The molecule has 0 unspecified atom stereocenters. The van der Waals surface area contributed by atoms with E-state index in [4.69, 9.17) is 4.74 Å². The third kappa shape index (κ3) is 4.30. The lowest BCUT2D eigenvalue weighted by Crippen LogP contribution is -2.49. The van der Waals surface area contributed by atoms with E-state index >= 15 is 0 Å². The van der Waals surface area contributed by atoms with Gasteiger partial charge in [-0.2, -0.15) is 4.31 Å². The Bertz CT molecular complexity index is 1150. The van der Waals surface area contributed by atoms with E-state index in [2.05, 4.69) is 9.88 Å². The van der Waals surface area contributed by atoms with Gasteiger partial charge in [-0.25, -0.2) is 12.8 Å². The van der Waals surface area contributed by atoms with Gasteiger partial charge in [-0.15, -0.1) is 0 Å². The number of halogens is 1. The molecule has 0 amide bonds. The Morgan fingerprint density at radius 3 is 2.60 bits per heavy atom. The standard InChI is InChI=1S/C22H24FN3O3S/c1-17-15-18-5-4-8-21(22(18)24-16-17)30(27,28)26-11-9-25(10-12-26)13-14-29-20-7-3-2-6-19(20)23/h2-8,15-16H,9-14H2,1H3. The molecule has 2 heterocycles. The first-order valence-electron chi connectivity index (χ1n) is 9.90. The van der Waals surface area contributed by atoms with Gasteiger partial charge in [0.05, 0.1) is 5.52 Å². The van der Waals surface area contributed by atoms with Crippen LogP contribution in [0.1, 0.15) is 5.56 Å². The molecule has 2 aromatic carbocycles. The Kier molecular flexibility index (Phi) is 5.99. The van der Waals surface area contributed by atoms with E-state index in [-0.39, 0.29) is 16.5 Å². The van der Waals surface area contributed by atoms with Crippen LogP contribution in [0, 0.1) is 12.7 Å². The Balaban J connectivity index is 1.38. The summed E-state index contributed by atoms with van der Waals surface area (Å²) in [6.45, 7) is 4.86. The second-order valence-corrected chi connectivity index (χ2v) is 9.27. The zero-order chi connectivity index (χ0) is 21.1. The first-order valence-corrected chi connectivity index (χ1v) is 11.3. The Labute approximate surface area is 175 Å². The van der Waals surface area contributed by atoms with Crippen molar-refractivity contribution in [2.45, 2.75) is 11.8 Å². The minimum absolute atomic E-state index is 0.234. The third-order valence-corrected chi connectivity index (χ3v) is 7.19. The van der Waals surface area contributed by atoms with E-state index < -0.39 is 10.0 Å². The van der Waals surface area contributed by atoms with Crippen molar-refractivity contribution < 1.29 is 17.5 Å². The van der Waals surface area contributed by atoms with Gasteiger partial charge in [-0.05, 0) is 36.8 Å². The lowest BCUT2D eigenvalue weighted by Gasteiger charge is -2.33. The van der Waals surface area contributed by atoms with Crippen LogP contribution in [0.3, 0.4) is 0 Å². The highest BCUT2D eigenvalue weighted by Gasteiger charge is 2.30. The van der Waals surface area contributed by atoms with Crippen LogP contribution in [0.25, 0.3) is 10.9 Å². The van der Waals surface area contributed by atoms with E-state index in [1.54, 1.807) is 36.5 Å². The summed E-state index contributed by atoms with van der Waals surface area (Å²) in [6.07, 6.45) is 1.69. The molecule has 0 N–H and O–H groups in total. The molecule has 1 aliphatic rings. The number of hydrogen-bond acceptors (Lipinski definition) is 5. The molecule has 0 aliphatic carbocycles. The van der Waals surface area contributed by atoms with Crippen LogP contribution in [-0.2, 0) is 10.0 Å². The zero-order valence-corrected chi connectivity index (χ0v) is 17.6. The SMILES string of the molecule is Cc1cnc2c(S(=O)(=O)N3CCN(CCOc4ccccc4F)CC3)cccc2c1. The monoisotopic (exact) mass is 429 g/mol. The van der Waals surface area contributed by atoms with Crippen molar-refractivity contribution in [3.63, 3.8) is 0 Å². The number of pyridine rings is 1. The molecule has 0 bridgehead atoms. The summed E-state index contributed by atoms with van der Waals surface area (Å²) < 4.78 is 47.1. The first kappa shape index (κ1) is 20.7. The van der Waals surface area contributed by atoms with E-state index in [9.17, 15) is 12.8 Å². The molecule has 0 atom stereocenters. The van der Waals surface area contributed by atoms with Crippen LogP contribution in [0.4, 0.5) is 4.39 Å². The summed E-state index contributed by atoms with van der Waals surface area (Å²) in [6, 6.07) is 13.5. The predicted octanol–water partition coefficient (Wildman–Crippen LogP) is 3.07. The average Bonchev–Trinajstić information content (AvgIpc) is 2.75. The number of nitrogens with zero attached hydrogens (tertiary/aromatic N) is 3. The van der Waals surface area contributed by atoms with Crippen LogP contribution in [0.15, 0.2) is 59.6 Å². The minimum atomic E-state index is -3.63. The molecule has 4 rings (SSSR count). The number of fused-ring (bicyclic) bond motifs is 1. The third-order valence-electron chi connectivity index (χ3n) is 5.26. The number of hydrogen-bond donors (Lipinski definition) is 0. The van der Waals surface area contributed by atoms with Crippen molar-refractivity contribution in [2.75, 3.05) is 39.3 Å². The van der Waals surface area contributed by atoms with E-state index in [1.165, 1.54) is 10.4 Å². The molecule has 30 heavy (non-hydrogen) atoms. The molecule has 158 valence electrons. The lowest BCUT2D eigenvalue weighted by molar-refractivity contribution is 0.157. The second kappa shape index (κ2) is 8.67. The molecule has 6 nitrogen and oxygen atoms in total. The Hall–Kier alpha value is -2.55. The molecule has 0 spiro atoms. The van der Waals surface area contributed by atoms with Gasteiger partial charge in [0.2, 0.25) is 10.0 Å². The van der Waals surface area contributed by atoms with Crippen LogP contribution >= 0.6 is 0 Å². The minimum Gasteiger partial charge on any atom is -0.489 e. The molecule has 0 saturated carbocycles. The number of benzene rings is 2. The molecular weight excluding hydrogens is 405 g/mol. The Morgan fingerprint density at radius 2 is 1.83 bits per heavy atom. The number of piperazine rings is 1. The smallest absolute Gasteiger partial charge is 0.245 e. The highest BCUT2D eigenvalue weighted by molar-refractivity contribution is 7.89. The van der Waals surface area contributed by atoms with Crippen LogP contribution < -0.4 is 4.74 Å². The van der Waals surface area contributed by atoms with Gasteiger partial charge < -0.3 is 4.74 Å². The maximum Gasteiger partial charge on any atom is 0.245 e. The van der Waals surface area contributed by atoms with Crippen molar-refractivity contribution >= 4 is 20.9 Å². The van der Waals surface area contributed by atoms with Gasteiger partial charge >= 0.3 is 0 Å². The second-order valence-electron chi connectivity index (χ2n) is 7.37. The van der Waals surface area contributed by atoms with E-state index in [1.807, 2.05) is 19.1 Å². The molecular formula is C22H24FN3O3S. The van der Waals surface area contributed by atoms with Crippen molar-refractivity contribution in [2.24, 2.45) is 0 Å². The zero-order valence-electron chi connectivity index (χ0n) is 16.8. The van der Waals surface area contributed by atoms with Gasteiger partial charge in [-0.3, -0.25) is 9.88 Å². The highest BCUT2D eigenvalue weighted by Crippen LogP contribution is 2.25. The summed E-state index contributed by atoms with van der Waals surface area (Å²) >= 11 is 0. The van der Waals surface area contributed by atoms with Crippen molar-refractivity contribution in [1.82, 2.24) is 14.2 Å². The largest absolute Gasteiger partial charge is 0.489 e. The predicted molar refractivity (Wildman–Crippen MR) is 114 cm³/mol. The molecule has 1 aromatic heterocycles. The average molecular weight is 430 g/mol. The molecule has 8 heteroatoms. The first-order chi connectivity index (χ1) is 14.4. The fraction of sp³-hybridized carbons (Fsp3) is 0.318. The van der Waals surface area contributed by atoms with Crippen molar-refractivity contribution in [1.29, 1.82) is 0 Å². The number of para-hydroxylation sites is 2. The summed E-state index contributed by atoms with van der Waals surface area (Å²) in [5.41, 5.74) is 1.49. The quantitative estimate of drug-likeness (QED) is 0.603. The van der Waals surface area contributed by atoms with E-state index in [0.717, 1.165) is 10.9 Å². The fourth-order valence-corrected chi connectivity index (χ4v) is 5.22. The van der Waals surface area contributed by atoms with Crippen LogP contribution in [0.2, 0.25) is 0 Å². The van der Waals surface area contributed by atoms with Gasteiger partial charge in [-0.1, -0.05) is 24.3 Å². The van der Waals surface area contributed by atoms with Crippen LogP contribution in [0.5, 0.6) is 5.75 Å². The molecule has 1 fully saturated rings. The highest BCUT2D eigenvalue weighted by atomic mass is 32.2. The number of sulfonamides is 1.